The number of Topliss-reactive ketones (excluding diaryl/α,β-unsaturated/α-hetero) is 1. The SMILES string of the molecule is CC(=O)O[C@H](CC1CC(=O)N(CN(CCCl)CCCl)C(=O)C1)[C@@H]1C[C@@H](C)C[C@@H](C)C1=O. The number of alkyl halides is 2. The maximum Gasteiger partial charge on any atom is 0.302 e. The number of ether oxygens (including phenoxy) is 1. The number of ketones is 1. The molecule has 7 nitrogen and oxygen atoms in total. The highest BCUT2D eigenvalue weighted by atomic mass is 35.5. The quantitative estimate of drug-likeness (QED) is 0.273. The Morgan fingerprint density at radius 1 is 1.10 bits per heavy atom. The smallest absolute Gasteiger partial charge is 0.302 e. The minimum absolute atomic E-state index is 0.0771. The van der Waals surface area contributed by atoms with Crippen LogP contribution < -0.4 is 0 Å². The molecule has 1 saturated carbocycles. The summed E-state index contributed by atoms with van der Waals surface area (Å²) in [5.74, 6) is -0.444. The number of esters is 1. The van der Waals surface area contributed by atoms with Gasteiger partial charge in [0.25, 0.3) is 0 Å². The van der Waals surface area contributed by atoms with Crippen molar-refractivity contribution in [2.45, 2.75) is 59.0 Å². The first-order valence-electron chi connectivity index (χ1n) is 11.0. The second-order valence-corrected chi connectivity index (χ2v) is 9.75. The average molecular weight is 477 g/mol. The van der Waals surface area contributed by atoms with Crippen molar-refractivity contribution in [1.82, 2.24) is 9.80 Å². The molecular formula is C22H34Cl2N2O5. The minimum Gasteiger partial charge on any atom is -0.462 e. The van der Waals surface area contributed by atoms with E-state index in [-0.39, 0.29) is 54.9 Å². The molecule has 4 atom stereocenters. The zero-order valence-corrected chi connectivity index (χ0v) is 20.2. The number of halogens is 2. The molecule has 2 amide bonds. The molecule has 1 aliphatic carbocycles. The van der Waals surface area contributed by atoms with E-state index >= 15 is 0 Å². The summed E-state index contributed by atoms with van der Waals surface area (Å²) in [6.45, 7) is 6.57. The molecule has 1 saturated heterocycles. The molecule has 0 aromatic carbocycles. The van der Waals surface area contributed by atoms with E-state index in [0.29, 0.717) is 43.6 Å². The molecule has 0 unspecified atom stereocenters. The lowest BCUT2D eigenvalue weighted by Gasteiger charge is -2.38. The number of likely N-dealkylation sites (tertiary alicyclic amines) is 1. The zero-order chi connectivity index (χ0) is 23.1. The van der Waals surface area contributed by atoms with Crippen molar-refractivity contribution < 1.29 is 23.9 Å². The summed E-state index contributed by atoms with van der Waals surface area (Å²) in [6.07, 6.45) is 1.60. The van der Waals surface area contributed by atoms with Crippen LogP contribution in [0.3, 0.4) is 0 Å². The zero-order valence-electron chi connectivity index (χ0n) is 18.6. The third-order valence-corrected chi connectivity index (χ3v) is 6.60. The van der Waals surface area contributed by atoms with E-state index in [9.17, 15) is 19.2 Å². The molecule has 1 aliphatic heterocycles. The van der Waals surface area contributed by atoms with Gasteiger partial charge in [-0.05, 0) is 31.1 Å². The van der Waals surface area contributed by atoms with Gasteiger partial charge in [0.05, 0.1) is 12.6 Å². The van der Waals surface area contributed by atoms with Gasteiger partial charge in [-0.2, -0.15) is 0 Å². The van der Waals surface area contributed by atoms with E-state index < -0.39 is 12.1 Å². The van der Waals surface area contributed by atoms with Crippen LogP contribution in [0, 0.1) is 23.7 Å². The second-order valence-electron chi connectivity index (χ2n) is 9.00. The Bertz CT molecular complexity index is 650. The number of hydrogen-bond acceptors (Lipinski definition) is 6. The van der Waals surface area contributed by atoms with E-state index in [2.05, 4.69) is 6.92 Å². The predicted octanol–water partition coefficient (Wildman–Crippen LogP) is 3.06. The largest absolute Gasteiger partial charge is 0.462 e. The summed E-state index contributed by atoms with van der Waals surface area (Å²) in [4.78, 5) is 53.2. The van der Waals surface area contributed by atoms with Gasteiger partial charge in [0.1, 0.15) is 11.9 Å². The molecule has 0 spiro atoms. The van der Waals surface area contributed by atoms with Crippen LogP contribution in [0.15, 0.2) is 0 Å². The van der Waals surface area contributed by atoms with Gasteiger partial charge in [0.2, 0.25) is 11.8 Å². The molecule has 9 heteroatoms. The molecule has 0 N–H and O–H groups in total. The van der Waals surface area contributed by atoms with Crippen LogP contribution in [0.25, 0.3) is 0 Å². The van der Waals surface area contributed by atoms with Crippen molar-refractivity contribution in [2.24, 2.45) is 23.7 Å². The summed E-state index contributed by atoms with van der Waals surface area (Å²) >= 11 is 11.6. The van der Waals surface area contributed by atoms with Gasteiger partial charge in [-0.25, -0.2) is 0 Å². The minimum atomic E-state index is -0.601. The second kappa shape index (κ2) is 12.2. The molecule has 2 rings (SSSR count). The third kappa shape index (κ3) is 7.43. The number of hydrogen-bond donors (Lipinski definition) is 0. The van der Waals surface area contributed by atoms with Crippen LogP contribution in [0.2, 0.25) is 0 Å². The van der Waals surface area contributed by atoms with E-state index in [0.717, 1.165) is 6.42 Å². The first-order valence-corrected chi connectivity index (χ1v) is 12.1. The lowest BCUT2D eigenvalue weighted by Crippen LogP contribution is -2.50. The predicted molar refractivity (Wildman–Crippen MR) is 119 cm³/mol. The Kier molecular flexibility index (Phi) is 10.2. The first-order chi connectivity index (χ1) is 14.7. The van der Waals surface area contributed by atoms with Gasteiger partial charge >= 0.3 is 5.97 Å². The van der Waals surface area contributed by atoms with Crippen molar-refractivity contribution in [2.75, 3.05) is 31.5 Å². The monoisotopic (exact) mass is 476 g/mol. The Morgan fingerprint density at radius 2 is 1.68 bits per heavy atom. The fourth-order valence-electron chi connectivity index (χ4n) is 4.84. The van der Waals surface area contributed by atoms with Gasteiger partial charge < -0.3 is 4.74 Å². The number of imide groups is 1. The molecule has 0 aromatic heterocycles. The van der Waals surface area contributed by atoms with E-state index in [1.54, 1.807) is 0 Å². The lowest BCUT2D eigenvalue weighted by molar-refractivity contribution is -0.157. The Labute approximate surface area is 194 Å². The molecule has 31 heavy (non-hydrogen) atoms. The fourth-order valence-corrected chi connectivity index (χ4v) is 5.32. The maximum absolute atomic E-state index is 12.8. The van der Waals surface area contributed by atoms with Gasteiger partial charge in [-0.15, -0.1) is 23.2 Å². The molecule has 0 bridgehead atoms. The van der Waals surface area contributed by atoms with Crippen LogP contribution >= 0.6 is 23.2 Å². The van der Waals surface area contributed by atoms with Crippen molar-refractivity contribution in [3.05, 3.63) is 0 Å². The van der Waals surface area contributed by atoms with Gasteiger partial charge in [-0.1, -0.05) is 13.8 Å². The van der Waals surface area contributed by atoms with E-state index in [4.69, 9.17) is 27.9 Å². The maximum atomic E-state index is 12.8. The molecule has 176 valence electrons. The third-order valence-electron chi connectivity index (χ3n) is 6.27. The Balaban J connectivity index is 2.06. The van der Waals surface area contributed by atoms with Crippen molar-refractivity contribution >= 4 is 46.8 Å². The van der Waals surface area contributed by atoms with Crippen LogP contribution in [-0.4, -0.2) is 71.0 Å². The Hall–Kier alpha value is -1.18. The highest BCUT2D eigenvalue weighted by Gasteiger charge is 2.42. The summed E-state index contributed by atoms with van der Waals surface area (Å²) in [5.41, 5.74) is 0. The number of piperidine rings is 1. The summed E-state index contributed by atoms with van der Waals surface area (Å²) in [5, 5.41) is 0. The van der Waals surface area contributed by atoms with E-state index in [1.807, 2.05) is 11.8 Å². The van der Waals surface area contributed by atoms with Crippen LogP contribution in [0.4, 0.5) is 0 Å². The van der Waals surface area contributed by atoms with Crippen LogP contribution in [0.1, 0.15) is 52.9 Å². The van der Waals surface area contributed by atoms with Crippen LogP contribution in [-0.2, 0) is 23.9 Å². The number of nitrogens with zero attached hydrogens (tertiary/aromatic N) is 2. The summed E-state index contributed by atoms with van der Waals surface area (Å²) in [7, 11) is 0. The highest BCUT2D eigenvalue weighted by molar-refractivity contribution is 6.18. The van der Waals surface area contributed by atoms with Crippen molar-refractivity contribution in [3.8, 4) is 0 Å². The van der Waals surface area contributed by atoms with Crippen molar-refractivity contribution in [3.63, 3.8) is 0 Å². The van der Waals surface area contributed by atoms with Gasteiger partial charge in [-0.3, -0.25) is 29.0 Å². The summed E-state index contributed by atoms with van der Waals surface area (Å²) < 4.78 is 5.55. The molecular weight excluding hydrogens is 443 g/mol. The number of rotatable bonds is 10. The van der Waals surface area contributed by atoms with Crippen LogP contribution in [0.5, 0.6) is 0 Å². The molecule has 2 fully saturated rings. The molecule has 2 aliphatic rings. The molecule has 0 radical (unpaired) electrons. The van der Waals surface area contributed by atoms with Crippen molar-refractivity contribution in [1.29, 1.82) is 0 Å². The number of carbonyl (C=O) groups is 4. The highest BCUT2D eigenvalue weighted by Crippen LogP contribution is 2.36. The van der Waals surface area contributed by atoms with Gasteiger partial charge in [0.15, 0.2) is 0 Å². The Morgan fingerprint density at radius 3 is 2.19 bits per heavy atom. The van der Waals surface area contributed by atoms with E-state index in [1.165, 1.54) is 11.8 Å². The standard InChI is InChI=1S/C22H34Cl2N2O5/c1-14-8-15(2)22(30)18(9-14)19(31-16(3)27)10-17-11-20(28)26(21(29)12-17)13-25(6-4-23)7-5-24/h14-15,17-19H,4-13H2,1-3H3/t14-,15+,18-,19+/m0/s1. The number of amides is 2. The van der Waals surface area contributed by atoms with Gasteiger partial charge in [0, 0.05) is 50.5 Å². The summed E-state index contributed by atoms with van der Waals surface area (Å²) in [6, 6.07) is 0. The average Bonchev–Trinajstić information content (AvgIpc) is 2.67. The fraction of sp³-hybridized carbons (Fsp3) is 0.818. The molecule has 1 heterocycles. The first kappa shape index (κ1) is 26.1. The number of carbonyl (C=O) groups excluding carboxylic acids is 4. The lowest BCUT2D eigenvalue weighted by atomic mass is 9.71. The molecule has 0 aromatic rings. The topological polar surface area (TPSA) is 84.0 Å². The normalized spacial score (nSPS) is 26.5.